The first-order valence-electron chi connectivity index (χ1n) is 12.7. The third kappa shape index (κ3) is 2.89. The molecule has 7 atom stereocenters. The van der Waals surface area contributed by atoms with Crippen LogP contribution >= 0.6 is 0 Å². The molecule has 33 heavy (non-hydrogen) atoms. The maximum absolute atomic E-state index is 13.9. The minimum Gasteiger partial charge on any atom is -0.400 e. The number of Topliss-reactive ketones (excluding diaryl/α,β-unsaturated/α-hetero) is 3. The Balaban J connectivity index is 1.35. The summed E-state index contributed by atoms with van der Waals surface area (Å²) in [6.45, 7) is 4.45. The van der Waals surface area contributed by atoms with Crippen LogP contribution in [0.3, 0.4) is 0 Å². The van der Waals surface area contributed by atoms with E-state index in [2.05, 4.69) is 13.8 Å². The molecule has 5 fully saturated rings. The molecule has 6 rings (SSSR count). The quantitative estimate of drug-likeness (QED) is 0.615. The molecule has 1 aromatic rings. The standard InChI is InChI=1S/C27H33BO5/c1-25-12-10-19(29)14-17(25)8-9-20-21-11-13-27(26(21,2)15-22(30)24(20)25)23(31)16-32-28(33-27)18-6-4-3-5-7-18/h3-7,17,20-21,24H,8-16H2,1-2H3/t17-,20+,21+,24-,25+,26+,27+/m1/s1. The first-order valence-corrected chi connectivity index (χ1v) is 12.7. The zero-order valence-corrected chi connectivity index (χ0v) is 19.7. The second kappa shape index (κ2) is 7.35. The van der Waals surface area contributed by atoms with E-state index in [-0.39, 0.29) is 35.6 Å². The van der Waals surface area contributed by atoms with Crippen LogP contribution in [0.5, 0.6) is 0 Å². The maximum Gasteiger partial charge on any atom is 0.494 e. The summed E-state index contributed by atoms with van der Waals surface area (Å²) in [5, 5.41) is 0. The van der Waals surface area contributed by atoms with E-state index in [0.717, 1.165) is 31.1 Å². The summed E-state index contributed by atoms with van der Waals surface area (Å²) in [4.78, 5) is 39.5. The highest BCUT2D eigenvalue weighted by Crippen LogP contribution is 2.68. The van der Waals surface area contributed by atoms with Crippen LogP contribution in [0.15, 0.2) is 30.3 Å². The fourth-order valence-electron chi connectivity index (χ4n) is 8.82. The Morgan fingerprint density at radius 3 is 2.58 bits per heavy atom. The predicted molar refractivity (Wildman–Crippen MR) is 124 cm³/mol. The van der Waals surface area contributed by atoms with E-state index >= 15 is 0 Å². The van der Waals surface area contributed by atoms with Crippen LogP contribution in [0.25, 0.3) is 0 Å². The number of benzene rings is 1. The van der Waals surface area contributed by atoms with Crippen molar-refractivity contribution in [3.8, 4) is 0 Å². The number of ketones is 3. The molecule has 1 aliphatic heterocycles. The van der Waals surface area contributed by atoms with Gasteiger partial charge in [0.25, 0.3) is 0 Å². The Kier molecular flexibility index (Phi) is 4.84. The lowest BCUT2D eigenvalue weighted by Gasteiger charge is -2.60. The molecule has 0 aromatic heterocycles. The summed E-state index contributed by atoms with van der Waals surface area (Å²) in [7, 11) is -0.579. The van der Waals surface area contributed by atoms with Crippen LogP contribution in [-0.2, 0) is 23.7 Å². The smallest absolute Gasteiger partial charge is 0.400 e. The molecule has 1 heterocycles. The van der Waals surface area contributed by atoms with Crippen molar-refractivity contribution in [3.05, 3.63) is 30.3 Å². The van der Waals surface area contributed by atoms with Gasteiger partial charge >= 0.3 is 7.12 Å². The normalized spacial score (nSPS) is 45.0. The van der Waals surface area contributed by atoms with Crippen LogP contribution in [0.1, 0.15) is 65.2 Å². The van der Waals surface area contributed by atoms with E-state index in [0.29, 0.717) is 43.2 Å². The second-order valence-electron chi connectivity index (χ2n) is 11.8. The van der Waals surface area contributed by atoms with Gasteiger partial charge in [0.15, 0.2) is 5.78 Å². The molecule has 0 unspecified atom stereocenters. The summed E-state index contributed by atoms with van der Waals surface area (Å²) in [5.74, 6) is 1.55. The van der Waals surface area contributed by atoms with Gasteiger partial charge in [-0.1, -0.05) is 44.2 Å². The van der Waals surface area contributed by atoms with Crippen LogP contribution in [0.2, 0.25) is 0 Å². The van der Waals surface area contributed by atoms with E-state index < -0.39 is 18.1 Å². The molecule has 0 amide bonds. The monoisotopic (exact) mass is 448 g/mol. The molecule has 6 heteroatoms. The Labute approximate surface area is 196 Å². The zero-order valence-electron chi connectivity index (χ0n) is 19.7. The molecule has 0 N–H and O–H groups in total. The fraction of sp³-hybridized carbons (Fsp3) is 0.667. The van der Waals surface area contributed by atoms with Gasteiger partial charge in [0, 0.05) is 30.6 Å². The van der Waals surface area contributed by atoms with Gasteiger partial charge in [0.05, 0.1) is 6.61 Å². The molecule has 5 aliphatic rings. The Morgan fingerprint density at radius 2 is 1.79 bits per heavy atom. The highest BCUT2D eigenvalue weighted by Gasteiger charge is 2.71. The van der Waals surface area contributed by atoms with Gasteiger partial charge < -0.3 is 9.31 Å². The summed E-state index contributed by atoms with van der Waals surface area (Å²) in [6, 6.07) is 9.80. The van der Waals surface area contributed by atoms with E-state index in [1.54, 1.807) is 0 Å². The molecule has 1 aromatic carbocycles. The van der Waals surface area contributed by atoms with Crippen LogP contribution in [0.4, 0.5) is 0 Å². The molecule has 5 nitrogen and oxygen atoms in total. The molecular weight excluding hydrogens is 415 g/mol. The van der Waals surface area contributed by atoms with Crippen molar-refractivity contribution >= 4 is 29.9 Å². The molecule has 0 radical (unpaired) electrons. The fourth-order valence-corrected chi connectivity index (χ4v) is 8.82. The van der Waals surface area contributed by atoms with Gasteiger partial charge in [-0.05, 0) is 60.7 Å². The highest BCUT2D eigenvalue weighted by molar-refractivity contribution is 6.62. The summed E-state index contributed by atoms with van der Waals surface area (Å²) >= 11 is 0. The van der Waals surface area contributed by atoms with Crippen LogP contribution in [-0.4, -0.2) is 36.7 Å². The first-order chi connectivity index (χ1) is 15.8. The average Bonchev–Trinajstić information content (AvgIpc) is 3.08. The lowest BCUT2D eigenvalue weighted by atomic mass is 9.44. The Bertz CT molecular complexity index is 1010. The van der Waals surface area contributed by atoms with Gasteiger partial charge in [-0.25, -0.2) is 0 Å². The topological polar surface area (TPSA) is 69.7 Å². The van der Waals surface area contributed by atoms with Gasteiger partial charge in [-0.2, -0.15) is 0 Å². The summed E-state index contributed by atoms with van der Waals surface area (Å²) in [6.07, 6.45) is 6.03. The highest BCUT2D eigenvalue weighted by atomic mass is 16.6. The Morgan fingerprint density at radius 1 is 1.00 bits per heavy atom. The minimum atomic E-state index is -0.961. The number of fused-ring (bicyclic) bond motifs is 6. The maximum atomic E-state index is 13.9. The molecule has 174 valence electrons. The molecule has 0 bridgehead atoms. The van der Waals surface area contributed by atoms with Gasteiger partial charge in [-0.15, -0.1) is 0 Å². The SMILES string of the molecule is C[C@]12CCC(=O)C[C@H]1CC[C@@H]1[C@@H]2C(=O)C[C@@]2(C)[C@H]1CC[C@@]21OB(c2ccccc2)OCC1=O. The second-order valence-corrected chi connectivity index (χ2v) is 11.8. The number of carbonyl (C=O) groups excluding carboxylic acids is 3. The average molecular weight is 448 g/mol. The van der Waals surface area contributed by atoms with Crippen LogP contribution in [0, 0.1) is 34.5 Å². The van der Waals surface area contributed by atoms with Gasteiger partial charge in [-0.3, -0.25) is 14.4 Å². The molecule has 4 saturated carbocycles. The van der Waals surface area contributed by atoms with E-state index in [1.165, 1.54) is 0 Å². The van der Waals surface area contributed by atoms with Gasteiger partial charge in [0.2, 0.25) is 0 Å². The van der Waals surface area contributed by atoms with Crippen molar-refractivity contribution < 1.29 is 23.7 Å². The van der Waals surface area contributed by atoms with Crippen molar-refractivity contribution in [2.24, 2.45) is 34.5 Å². The largest absolute Gasteiger partial charge is 0.494 e. The third-order valence-corrected chi connectivity index (χ3v) is 10.5. The molecule has 1 spiro atoms. The number of rotatable bonds is 1. The lowest BCUT2D eigenvalue weighted by Crippen LogP contribution is -2.67. The summed E-state index contributed by atoms with van der Waals surface area (Å²) in [5.41, 5.74) is -0.640. The number of hydrogen-bond donors (Lipinski definition) is 0. The van der Waals surface area contributed by atoms with Crippen LogP contribution < -0.4 is 5.46 Å². The number of carbonyl (C=O) groups is 3. The lowest BCUT2D eigenvalue weighted by molar-refractivity contribution is -0.180. The molecular formula is C27H33BO5. The summed E-state index contributed by atoms with van der Waals surface area (Å²) < 4.78 is 12.4. The first kappa shape index (κ1) is 21.7. The zero-order chi connectivity index (χ0) is 23.0. The number of hydrogen-bond acceptors (Lipinski definition) is 5. The third-order valence-electron chi connectivity index (χ3n) is 10.5. The van der Waals surface area contributed by atoms with Gasteiger partial charge in [0.1, 0.15) is 17.2 Å². The van der Waals surface area contributed by atoms with E-state index in [1.807, 2.05) is 30.3 Å². The van der Waals surface area contributed by atoms with E-state index in [9.17, 15) is 14.4 Å². The van der Waals surface area contributed by atoms with Crippen molar-refractivity contribution in [2.45, 2.75) is 70.8 Å². The van der Waals surface area contributed by atoms with E-state index in [4.69, 9.17) is 9.31 Å². The molecule has 4 aliphatic carbocycles. The minimum absolute atomic E-state index is 0.00547. The van der Waals surface area contributed by atoms with Crippen molar-refractivity contribution in [1.82, 2.24) is 0 Å². The predicted octanol–water partition coefficient (Wildman–Crippen LogP) is 3.53. The van der Waals surface area contributed by atoms with Crippen molar-refractivity contribution in [1.29, 1.82) is 0 Å². The molecule has 1 saturated heterocycles. The van der Waals surface area contributed by atoms with Crippen molar-refractivity contribution in [2.75, 3.05) is 6.61 Å². The Hall–Kier alpha value is -1.79. The van der Waals surface area contributed by atoms with Crippen molar-refractivity contribution in [3.63, 3.8) is 0 Å².